The van der Waals surface area contributed by atoms with Gasteiger partial charge in [-0.25, -0.2) is 4.79 Å². The molecule has 0 amide bonds. The molecule has 24 heavy (non-hydrogen) atoms. The highest BCUT2D eigenvalue weighted by Gasteiger charge is 2.35. The number of para-hydroxylation sites is 1. The monoisotopic (exact) mass is 328 g/mol. The summed E-state index contributed by atoms with van der Waals surface area (Å²) in [5, 5.41) is 4.08. The van der Waals surface area contributed by atoms with Crippen molar-refractivity contribution in [3.63, 3.8) is 0 Å². The second-order valence-electron chi connectivity index (χ2n) is 5.98. The molecule has 0 N–H and O–H groups in total. The Morgan fingerprint density at radius 1 is 1.17 bits per heavy atom. The lowest BCUT2D eigenvalue weighted by Gasteiger charge is -2.42. The molecule has 126 valence electrons. The van der Waals surface area contributed by atoms with Gasteiger partial charge in [-0.05, 0) is 25.0 Å². The number of oxime groups is 1. The molecule has 2 bridgehead atoms. The van der Waals surface area contributed by atoms with Crippen LogP contribution in [0.4, 0.5) is 0 Å². The van der Waals surface area contributed by atoms with Crippen LogP contribution in [0.15, 0.2) is 35.1 Å². The molecule has 0 saturated carbocycles. The van der Waals surface area contributed by atoms with Crippen LogP contribution in [0.2, 0.25) is 0 Å². The van der Waals surface area contributed by atoms with Gasteiger partial charge in [0.2, 0.25) is 0 Å². The Morgan fingerprint density at radius 2 is 1.88 bits per heavy atom. The first kappa shape index (κ1) is 16.2. The van der Waals surface area contributed by atoms with Gasteiger partial charge in [0, 0.05) is 38.4 Å². The minimum Gasteiger partial charge on any atom is -0.426 e. The van der Waals surface area contributed by atoms with Crippen LogP contribution in [-0.4, -0.2) is 35.6 Å². The molecule has 0 aromatic heterocycles. The van der Waals surface area contributed by atoms with Crippen LogP contribution in [0, 0.1) is 5.92 Å². The van der Waals surface area contributed by atoms with Crippen LogP contribution in [0.1, 0.15) is 32.3 Å². The molecule has 1 aromatic carbocycles. The number of nitrogens with zero attached hydrogens (tertiary/aromatic N) is 2. The zero-order valence-corrected chi connectivity index (χ0v) is 13.8. The van der Waals surface area contributed by atoms with E-state index >= 15 is 0 Å². The number of hydrogen-bond donors (Lipinski definition) is 0. The highest BCUT2D eigenvalue weighted by Crippen LogP contribution is 2.34. The standard InChI is InChI=1S/C18H20N2O4/c1-12(21)23-17-6-4-3-5-15(17)11-16-18(19-24-13(2)22)14-7-9-20(16)10-8-14/h3-6,11,14H,7-10H2,1-2H3/b16-11-,19-18?. The molecular formula is C18H20N2O4. The number of hydrogen-bond acceptors (Lipinski definition) is 6. The summed E-state index contributed by atoms with van der Waals surface area (Å²) in [6.07, 6.45) is 3.96. The molecular weight excluding hydrogens is 308 g/mol. The average molecular weight is 328 g/mol. The molecule has 3 aliphatic rings. The summed E-state index contributed by atoms with van der Waals surface area (Å²) in [7, 11) is 0. The lowest BCUT2D eigenvalue weighted by molar-refractivity contribution is -0.141. The Balaban J connectivity index is 1.99. The van der Waals surface area contributed by atoms with Crippen LogP contribution >= 0.6 is 0 Å². The van der Waals surface area contributed by atoms with Gasteiger partial charge in [0.05, 0.1) is 5.70 Å². The maximum atomic E-state index is 11.3. The van der Waals surface area contributed by atoms with Gasteiger partial charge in [-0.3, -0.25) is 4.79 Å². The molecule has 0 atom stereocenters. The van der Waals surface area contributed by atoms with Crippen molar-refractivity contribution in [3.05, 3.63) is 35.5 Å². The Bertz CT molecular complexity index is 715. The maximum Gasteiger partial charge on any atom is 0.331 e. The molecule has 0 aliphatic carbocycles. The van der Waals surface area contributed by atoms with E-state index in [1.807, 2.05) is 24.3 Å². The molecule has 3 saturated heterocycles. The van der Waals surface area contributed by atoms with E-state index in [2.05, 4.69) is 10.1 Å². The van der Waals surface area contributed by atoms with Crippen LogP contribution < -0.4 is 4.74 Å². The zero-order chi connectivity index (χ0) is 17.1. The van der Waals surface area contributed by atoms with Gasteiger partial charge in [-0.15, -0.1) is 0 Å². The number of fused-ring (bicyclic) bond motifs is 3. The Kier molecular flexibility index (Phi) is 4.64. The lowest BCUT2D eigenvalue weighted by atomic mass is 9.83. The van der Waals surface area contributed by atoms with E-state index in [0.29, 0.717) is 11.7 Å². The summed E-state index contributed by atoms with van der Waals surface area (Å²) >= 11 is 0. The Morgan fingerprint density at radius 3 is 2.54 bits per heavy atom. The summed E-state index contributed by atoms with van der Waals surface area (Å²) in [5.41, 5.74) is 2.52. The second-order valence-corrected chi connectivity index (χ2v) is 5.98. The van der Waals surface area contributed by atoms with Gasteiger partial charge in [-0.1, -0.05) is 23.4 Å². The minimum absolute atomic E-state index is 0.293. The van der Waals surface area contributed by atoms with E-state index < -0.39 is 5.97 Å². The van der Waals surface area contributed by atoms with E-state index in [1.165, 1.54) is 13.8 Å². The van der Waals surface area contributed by atoms with Gasteiger partial charge in [0.15, 0.2) is 0 Å². The van der Waals surface area contributed by atoms with Crippen LogP contribution in [0.3, 0.4) is 0 Å². The molecule has 6 nitrogen and oxygen atoms in total. The summed E-state index contributed by atoms with van der Waals surface area (Å²) in [6.45, 7) is 4.62. The van der Waals surface area contributed by atoms with E-state index in [-0.39, 0.29) is 5.97 Å². The first-order chi connectivity index (χ1) is 11.5. The van der Waals surface area contributed by atoms with Crippen LogP contribution in [0.5, 0.6) is 5.75 Å². The average Bonchev–Trinajstić information content (AvgIpc) is 2.56. The fourth-order valence-corrected chi connectivity index (χ4v) is 3.16. The third-order valence-electron chi connectivity index (χ3n) is 4.22. The summed E-state index contributed by atoms with van der Waals surface area (Å²) in [6, 6.07) is 7.35. The Labute approximate surface area is 140 Å². The molecule has 3 fully saturated rings. The molecule has 4 rings (SSSR count). The van der Waals surface area contributed by atoms with Crippen molar-refractivity contribution >= 4 is 23.7 Å². The largest absolute Gasteiger partial charge is 0.426 e. The number of esters is 1. The van der Waals surface area contributed by atoms with E-state index in [9.17, 15) is 9.59 Å². The predicted octanol–water partition coefficient (Wildman–Crippen LogP) is 2.60. The predicted molar refractivity (Wildman–Crippen MR) is 89.2 cm³/mol. The first-order valence-electron chi connectivity index (χ1n) is 8.04. The maximum absolute atomic E-state index is 11.3. The molecule has 0 spiro atoms. The van der Waals surface area contributed by atoms with Crippen molar-refractivity contribution in [1.82, 2.24) is 4.90 Å². The van der Waals surface area contributed by atoms with Crippen molar-refractivity contribution in [1.29, 1.82) is 0 Å². The topological polar surface area (TPSA) is 68.2 Å². The smallest absolute Gasteiger partial charge is 0.331 e. The van der Waals surface area contributed by atoms with Gasteiger partial charge in [0.25, 0.3) is 0 Å². The van der Waals surface area contributed by atoms with Crippen molar-refractivity contribution in [2.24, 2.45) is 11.1 Å². The number of ether oxygens (including phenoxy) is 1. The molecule has 6 heteroatoms. The van der Waals surface area contributed by atoms with Crippen molar-refractivity contribution in [3.8, 4) is 5.75 Å². The molecule has 0 radical (unpaired) electrons. The van der Waals surface area contributed by atoms with E-state index in [1.54, 1.807) is 6.07 Å². The lowest BCUT2D eigenvalue weighted by Crippen LogP contribution is -2.46. The van der Waals surface area contributed by atoms with Crippen LogP contribution in [0.25, 0.3) is 6.08 Å². The normalized spacial score (nSPS) is 20.5. The first-order valence-corrected chi connectivity index (χ1v) is 8.04. The van der Waals surface area contributed by atoms with Crippen molar-refractivity contribution < 1.29 is 19.2 Å². The van der Waals surface area contributed by atoms with E-state index in [0.717, 1.165) is 42.9 Å². The quantitative estimate of drug-likeness (QED) is 0.369. The summed E-state index contributed by atoms with van der Waals surface area (Å²) < 4.78 is 5.27. The number of allylic oxidation sites excluding steroid dienone is 1. The van der Waals surface area contributed by atoms with Crippen molar-refractivity contribution in [2.75, 3.05) is 13.1 Å². The number of benzene rings is 1. The number of carbonyl (C=O) groups is 2. The minimum atomic E-state index is -0.432. The fourth-order valence-electron chi connectivity index (χ4n) is 3.16. The number of carbonyl (C=O) groups excluding carboxylic acids is 2. The highest BCUT2D eigenvalue weighted by molar-refractivity contribution is 6.06. The van der Waals surface area contributed by atoms with Crippen LogP contribution in [-0.2, 0) is 14.4 Å². The third-order valence-corrected chi connectivity index (χ3v) is 4.22. The molecule has 1 aromatic rings. The van der Waals surface area contributed by atoms with Gasteiger partial charge < -0.3 is 14.5 Å². The molecule has 3 aliphatic heterocycles. The third kappa shape index (κ3) is 3.48. The van der Waals surface area contributed by atoms with Crippen molar-refractivity contribution in [2.45, 2.75) is 26.7 Å². The number of piperidine rings is 3. The SMILES string of the molecule is CC(=O)ON=C1/C(=C/c2ccccc2OC(C)=O)N2CCC1CC2. The molecule has 0 unspecified atom stereocenters. The summed E-state index contributed by atoms with van der Waals surface area (Å²) in [5.74, 6) is 0.00667. The zero-order valence-electron chi connectivity index (χ0n) is 13.8. The number of rotatable bonds is 3. The second kappa shape index (κ2) is 6.86. The highest BCUT2D eigenvalue weighted by atomic mass is 16.7. The van der Waals surface area contributed by atoms with Gasteiger partial charge >= 0.3 is 11.9 Å². The Hall–Kier alpha value is -2.63. The van der Waals surface area contributed by atoms with Gasteiger partial charge in [-0.2, -0.15) is 0 Å². The fraction of sp³-hybridized carbons (Fsp3) is 0.389. The van der Waals surface area contributed by atoms with Gasteiger partial charge in [0.1, 0.15) is 11.5 Å². The van der Waals surface area contributed by atoms with E-state index in [4.69, 9.17) is 9.57 Å². The summed E-state index contributed by atoms with van der Waals surface area (Å²) in [4.78, 5) is 29.5. The molecule has 3 heterocycles.